The monoisotopic (exact) mass is 184 g/mol. The van der Waals surface area contributed by atoms with Crippen LogP contribution in [0, 0.1) is 5.92 Å². The fraction of sp³-hybridized carbons (Fsp3) is 1.00. The molecule has 0 aliphatic heterocycles. The minimum atomic E-state index is 0.282. The second-order valence-corrected chi connectivity index (χ2v) is 5.03. The van der Waals surface area contributed by atoms with Gasteiger partial charge in [0.2, 0.25) is 0 Å². The van der Waals surface area contributed by atoms with Crippen molar-refractivity contribution in [2.75, 3.05) is 20.1 Å². The van der Waals surface area contributed by atoms with E-state index in [1.165, 1.54) is 25.8 Å². The standard InChI is InChI=1S/C11H24N2/c1-11(2,7-8-12)13(3)9-10-5-4-6-10/h10H,4-9,12H2,1-3H3. The number of hydrogen-bond acceptors (Lipinski definition) is 2. The van der Waals surface area contributed by atoms with E-state index in [0.717, 1.165) is 18.9 Å². The van der Waals surface area contributed by atoms with Crippen LogP contribution in [0.15, 0.2) is 0 Å². The van der Waals surface area contributed by atoms with Crippen LogP contribution in [0.25, 0.3) is 0 Å². The average Bonchev–Trinajstić information content (AvgIpc) is 1.96. The molecule has 0 bridgehead atoms. The Bertz CT molecular complexity index is 150. The van der Waals surface area contributed by atoms with Crippen LogP contribution in [0.4, 0.5) is 0 Å². The Kier molecular flexibility index (Phi) is 3.74. The Balaban J connectivity index is 2.30. The van der Waals surface area contributed by atoms with Crippen LogP contribution in [0.5, 0.6) is 0 Å². The zero-order valence-corrected chi connectivity index (χ0v) is 9.34. The molecule has 78 valence electrons. The van der Waals surface area contributed by atoms with Crippen LogP contribution in [-0.4, -0.2) is 30.6 Å². The molecule has 1 saturated carbocycles. The number of hydrogen-bond donors (Lipinski definition) is 1. The van der Waals surface area contributed by atoms with E-state index in [9.17, 15) is 0 Å². The molecule has 1 aliphatic rings. The molecule has 0 atom stereocenters. The van der Waals surface area contributed by atoms with E-state index in [1.807, 2.05) is 0 Å². The molecule has 0 saturated heterocycles. The van der Waals surface area contributed by atoms with Gasteiger partial charge in [-0.2, -0.15) is 0 Å². The molecule has 1 fully saturated rings. The van der Waals surface area contributed by atoms with Gasteiger partial charge in [0.15, 0.2) is 0 Å². The second-order valence-electron chi connectivity index (χ2n) is 5.03. The van der Waals surface area contributed by atoms with Crippen molar-refractivity contribution in [2.45, 2.75) is 45.1 Å². The fourth-order valence-corrected chi connectivity index (χ4v) is 1.85. The van der Waals surface area contributed by atoms with Crippen molar-refractivity contribution in [1.29, 1.82) is 0 Å². The number of rotatable bonds is 5. The van der Waals surface area contributed by atoms with Crippen LogP contribution in [0.3, 0.4) is 0 Å². The third-order valence-electron chi connectivity index (χ3n) is 3.55. The molecular formula is C11H24N2. The van der Waals surface area contributed by atoms with Crippen molar-refractivity contribution >= 4 is 0 Å². The highest BCUT2D eigenvalue weighted by Gasteiger charge is 2.27. The van der Waals surface area contributed by atoms with E-state index in [-0.39, 0.29) is 5.54 Å². The summed E-state index contributed by atoms with van der Waals surface area (Å²) < 4.78 is 0. The van der Waals surface area contributed by atoms with Gasteiger partial charge in [-0.3, -0.25) is 0 Å². The van der Waals surface area contributed by atoms with E-state index in [2.05, 4.69) is 25.8 Å². The molecule has 0 aromatic heterocycles. The van der Waals surface area contributed by atoms with Crippen molar-refractivity contribution in [2.24, 2.45) is 11.7 Å². The van der Waals surface area contributed by atoms with E-state index in [0.29, 0.717) is 0 Å². The molecule has 1 rings (SSSR count). The quantitative estimate of drug-likeness (QED) is 0.706. The van der Waals surface area contributed by atoms with Gasteiger partial charge in [0.05, 0.1) is 0 Å². The molecule has 2 N–H and O–H groups in total. The highest BCUT2D eigenvalue weighted by atomic mass is 15.2. The summed E-state index contributed by atoms with van der Waals surface area (Å²) in [6.45, 7) is 6.63. The van der Waals surface area contributed by atoms with Gasteiger partial charge in [0, 0.05) is 12.1 Å². The van der Waals surface area contributed by atoms with Gasteiger partial charge >= 0.3 is 0 Å². The molecule has 0 amide bonds. The molecule has 2 heteroatoms. The van der Waals surface area contributed by atoms with E-state index in [1.54, 1.807) is 0 Å². The first kappa shape index (κ1) is 11.0. The summed E-state index contributed by atoms with van der Waals surface area (Å²) in [6, 6.07) is 0. The lowest BCUT2D eigenvalue weighted by molar-refractivity contribution is 0.101. The Morgan fingerprint density at radius 1 is 1.38 bits per heavy atom. The van der Waals surface area contributed by atoms with Gasteiger partial charge in [-0.05, 0) is 52.6 Å². The second kappa shape index (κ2) is 4.43. The first-order valence-electron chi connectivity index (χ1n) is 5.47. The predicted molar refractivity (Wildman–Crippen MR) is 57.7 cm³/mol. The van der Waals surface area contributed by atoms with E-state index < -0.39 is 0 Å². The lowest BCUT2D eigenvalue weighted by atomic mass is 9.84. The van der Waals surface area contributed by atoms with Crippen LogP contribution < -0.4 is 5.73 Å². The Hall–Kier alpha value is -0.0800. The van der Waals surface area contributed by atoms with Crippen LogP contribution in [0.1, 0.15) is 39.5 Å². The Morgan fingerprint density at radius 2 is 2.00 bits per heavy atom. The molecule has 0 aromatic carbocycles. The molecule has 0 spiro atoms. The normalized spacial score (nSPS) is 19.2. The maximum Gasteiger partial charge on any atom is 0.0162 e. The van der Waals surface area contributed by atoms with E-state index >= 15 is 0 Å². The van der Waals surface area contributed by atoms with Crippen molar-refractivity contribution in [1.82, 2.24) is 4.90 Å². The van der Waals surface area contributed by atoms with E-state index in [4.69, 9.17) is 5.73 Å². The third kappa shape index (κ3) is 2.96. The summed E-state index contributed by atoms with van der Waals surface area (Å²) >= 11 is 0. The highest BCUT2D eigenvalue weighted by Crippen LogP contribution is 2.29. The largest absolute Gasteiger partial charge is 0.330 e. The molecule has 0 radical (unpaired) electrons. The number of nitrogens with zero attached hydrogens (tertiary/aromatic N) is 1. The summed E-state index contributed by atoms with van der Waals surface area (Å²) in [7, 11) is 2.23. The predicted octanol–water partition coefficient (Wildman–Crippen LogP) is 1.85. The highest BCUT2D eigenvalue weighted by molar-refractivity contribution is 4.83. The zero-order chi connectivity index (χ0) is 9.90. The van der Waals surface area contributed by atoms with Crippen molar-refractivity contribution in [3.8, 4) is 0 Å². The molecular weight excluding hydrogens is 160 g/mol. The topological polar surface area (TPSA) is 29.3 Å². The summed E-state index contributed by atoms with van der Waals surface area (Å²) in [5, 5.41) is 0. The molecule has 0 heterocycles. The van der Waals surface area contributed by atoms with Gasteiger partial charge in [-0.25, -0.2) is 0 Å². The van der Waals surface area contributed by atoms with Gasteiger partial charge in [0.1, 0.15) is 0 Å². The Morgan fingerprint density at radius 3 is 2.38 bits per heavy atom. The van der Waals surface area contributed by atoms with Crippen LogP contribution in [0.2, 0.25) is 0 Å². The van der Waals surface area contributed by atoms with Crippen LogP contribution in [-0.2, 0) is 0 Å². The average molecular weight is 184 g/mol. The summed E-state index contributed by atoms with van der Waals surface area (Å²) in [5.41, 5.74) is 5.89. The molecule has 0 unspecified atom stereocenters. The lowest BCUT2D eigenvalue weighted by Gasteiger charge is -2.40. The smallest absolute Gasteiger partial charge is 0.0162 e. The van der Waals surface area contributed by atoms with Gasteiger partial charge in [-0.15, -0.1) is 0 Å². The molecule has 0 aromatic rings. The lowest BCUT2D eigenvalue weighted by Crippen LogP contribution is -2.45. The Labute approximate surface area is 82.5 Å². The SMILES string of the molecule is CN(CC1CCC1)C(C)(C)CCN. The van der Waals surface area contributed by atoms with Gasteiger partial charge in [0.25, 0.3) is 0 Å². The minimum absolute atomic E-state index is 0.282. The van der Waals surface area contributed by atoms with Crippen molar-refractivity contribution < 1.29 is 0 Å². The minimum Gasteiger partial charge on any atom is -0.330 e. The van der Waals surface area contributed by atoms with Crippen molar-refractivity contribution in [3.63, 3.8) is 0 Å². The molecule has 13 heavy (non-hydrogen) atoms. The zero-order valence-electron chi connectivity index (χ0n) is 9.34. The summed E-state index contributed by atoms with van der Waals surface area (Å²) in [5.74, 6) is 0.960. The first-order chi connectivity index (χ1) is 6.06. The maximum atomic E-state index is 5.60. The van der Waals surface area contributed by atoms with Crippen LogP contribution >= 0.6 is 0 Å². The fourth-order valence-electron chi connectivity index (χ4n) is 1.85. The maximum absolute atomic E-state index is 5.60. The molecule has 2 nitrogen and oxygen atoms in total. The summed E-state index contributed by atoms with van der Waals surface area (Å²) in [4.78, 5) is 2.48. The van der Waals surface area contributed by atoms with Gasteiger partial charge < -0.3 is 10.6 Å². The van der Waals surface area contributed by atoms with Gasteiger partial charge in [-0.1, -0.05) is 6.42 Å². The first-order valence-corrected chi connectivity index (χ1v) is 5.47. The summed E-state index contributed by atoms with van der Waals surface area (Å²) in [6.07, 6.45) is 5.40. The third-order valence-corrected chi connectivity index (χ3v) is 3.55. The number of nitrogens with two attached hydrogens (primary N) is 1. The molecule has 1 aliphatic carbocycles. The van der Waals surface area contributed by atoms with Crippen molar-refractivity contribution in [3.05, 3.63) is 0 Å².